The lowest BCUT2D eigenvalue weighted by molar-refractivity contribution is -0.131. The van der Waals surface area contributed by atoms with Crippen LogP contribution in [0.4, 0.5) is 5.69 Å². The van der Waals surface area contributed by atoms with Gasteiger partial charge in [0.05, 0.1) is 19.1 Å². The standard InChI is InChI=1S/C21H27ClN2O4S/c1-6-20(21(25)23(3)14-16-8-11-18(28-4)12-9-16)24(29(5,26)27)17-10-7-15(2)19(22)13-17/h7-13,20H,6,14H2,1-5H3/t20-/m0/s1. The van der Waals surface area contributed by atoms with Crippen molar-refractivity contribution in [1.29, 1.82) is 0 Å². The summed E-state index contributed by atoms with van der Waals surface area (Å²) in [6.45, 7) is 3.98. The van der Waals surface area contributed by atoms with Gasteiger partial charge in [0.2, 0.25) is 15.9 Å². The summed E-state index contributed by atoms with van der Waals surface area (Å²) in [7, 11) is -0.453. The van der Waals surface area contributed by atoms with Crippen molar-refractivity contribution < 1.29 is 17.9 Å². The summed E-state index contributed by atoms with van der Waals surface area (Å²) in [5.41, 5.74) is 2.13. The molecular weight excluding hydrogens is 412 g/mol. The molecule has 0 aliphatic carbocycles. The average molecular weight is 439 g/mol. The minimum atomic E-state index is -3.71. The number of hydrogen-bond acceptors (Lipinski definition) is 4. The van der Waals surface area contributed by atoms with Gasteiger partial charge in [-0.15, -0.1) is 0 Å². The molecule has 0 fully saturated rings. The number of rotatable bonds is 8. The maximum absolute atomic E-state index is 13.2. The Bertz CT molecular complexity index is 961. The number of benzene rings is 2. The Hall–Kier alpha value is -2.25. The van der Waals surface area contributed by atoms with Crippen molar-refractivity contribution in [3.05, 3.63) is 58.6 Å². The van der Waals surface area contributed by atoms with Crippen molar-refractivity contribution in [3.63, 3.8) is 0 Å². The summed E-state index contributed by atoms with van der Waals surface area (Å²) in [5.74, 6) is 0.444. The molecule has 0 aliphatic heterocycles. The highest BCUT2D eigenvalue weighted by Crippen LogP contribution is 2.28. The predicted octanol–water partition coefficient (Wildman–Crippen LogP) is 3.86. The molecule has 0 N–H and O–H groups in total. The maximum Gasteiger partial charge on any atom is 0.246 e. The van der Waals surface area contributed by atoms with Crippen LogP contribution in [0.15, 0.2) is 42.5 Å². The lowest BCUT2D eigenvalue weighted by Gasteiger charge is -2.33. The maximum atomic E-state index is 13.2. The summed E-state index contributed by atoms with van der Waals surface area (Å²) >= 11 is 6.20. The first-order valence-electron chi connectivity index (χ1n) is 9.22. The zero-order valence-electron chi connectivity index (χ0n) is 17.3. The lowest BCUT2D eigenvalue weighted by Crippen LogP contribution is -2.49. The van der Waals surface area contributed by atoms with Gasteiger partial charge in [-0.3, -0.25) is 9.10 Å². The van der Waals surface area contributed by atoms with E-state index in [1.165, 1.54) is 4.90 Å². The van der Waals surface area contributed by atoms with Crippen molar-refractivity contribution in [2.24, 2.45) is 0 Å². The molecule has 8 heteroatoms. The Kier molecular flexibility index (Phi) is 7.54. The predicted molar refractivity (Wildman–Crippen MR) is 117 cm³/mol. The molecule has 158 valence electrons. The Balaban J connectivity index is 2.32. The molecule has 2 aromatic rings. The number of nitrogens with zero attached hydrogens (tertiary/aromatic N) is 2. The van der Waals surface area contributed by atoms with E-state index in [9.17, 15) is 13.2 Å². The fraction of sp³-hybridized carbons (Fsp3) is 0.381. The summed E-state index contributed by atoms with van der Waals surface area (Å²) in [4.78, 5) is 14.7. The summed E-state index contributed by atoms with van der Waals surface area (Å²) in [6, 6.07) is 11.5. The molecule has 0 aromatic heterocycles. The monoisotopic (exact) mass is 438 g/mol. The van der Waals surface area contributed by atoms with Crippen LogP contribution in [0.25, 0.3) is 0 Å². The Labute approximate surface area is 178 Å². The molecule has 0 radical (unpaired) electrons. The first-order chi connectivity index (χ1) is 13.6. The molecular formula is C21H27ClN2O4S. The Morgan fingerprint density at radius 3 is 2.28 bits per heavy atom. The van der Waals surface area contributed by atoms with E-state index >= 15 is 0 Å². The first kappa shape index (κ1) is 23.0. The van der Waals surface area contributed by atoms with E-state index in [0.29, 0.717) is 23.7 Å². The molecule has 0 spiro atoms. The van der Waals surface area contributed by atoms with Crippen molar-refractivity contribution in [2.75, 3.05) is 24.7 Å². The van der Waals surface area contributed by atoms with Gasteiger partial charge in [0.1, 0.15) is 11.8 Å². The molecule has 29 heavy (non-hydrogen) atoms. The van der Waals surface area contributed by atoms with Crippen LogP contribution in [0.3, 0.4) is 0 Å². The quantitative estimate of drug-likeness (QED) is 0.627. The molecule has 0 bridgehead atoms. The van der Waals surface area contributed by atoms with Gasteiger partial charge in [0, 0.05) is 18.6 Å². The van der Waals surface area contributed by atoms with Crippen LogP contribution in [0.1, 0.15) is 24.5 Å². The zero-order chi connectivity index (χ0) is 21.8. The number of amides is 1. The van der Waals surface area contributed by atoms with Crippen LogP contribution in [0, 0.1) is 6.92 Å². The highest BCUT2D eigenvalue weighted by atomic mass is 35.5. The van der Waals surface area contributed by atoms with E-state index in [0.717, 1.165) is 27.4 Å². The molecule has 0 saturated heterocycles. The normalized spacial score (nSPS) is 12.3. The zero-order valence-corrected chi connectivity index (χ0v) is 18.9. The number of aryl methyl sites for hydroxylation is 1. The van der Waals surface area contributed by atoms with Crippen LogP contribution < -0.4 is 9.04 Å². The average Bonchev–Trinajstić information content (AvgIpc) is 2.67. The van der Waals surface area contributed by atoms with E-state index < -0.39 is 16.1 Å². The third-order valence-electron chi connectivity index (χ3n) is 4.68. The second-order valence-electron chi connectivity index (χ2n) is 6.96. The van der Waals surface area contributed by atoms with Crippen molar-refractivity contribution in [2.45, 2.75) is 32.9 Å². The van der Waals surface area contributed by atoms with Gasteiger partial charge in [-0.2, -0.15) is 0 Å². The fourth-order valence-corrected chi connectivity index (χ4v) is 4.47. The molecule has 2 rings (SSSR count). The minimum Gasteiger partial charge on any atom is -0.497 e. The molecule has 2 aromatic carbocycles. The molecule has 1 amide bonds. The molecule has 1 atom stereocenters. The number of sulfonamides is 1. The molecule has 0 unspecified atom stereocenters. The number of carbonyl (C=O) groups is 1. The number of anilines is 1. The highest BCUT2D eigenvalue weighted by Gasteiger charge is 2.33. The molecule has 0 heterocycles. The largest absolute Gasteiger partial charge is 0.497 e. The van der Waals surface area contributed by atoms with E-state index in [1.807, 2.05) is 31.2 Å². The fourth-order valence-electron chi connectivity index (χ4n) is 3.10. The third kappa shape index (κ3) is 5.64. The van der Waals surface area contributed by atoms with Crippen LogP contribution in [0.5, 0.6) is 5.75 Å². The molecule has 0 aliphatic rings. The van der Waals surface area contributed by atoms with Gasteiger partial charge in [-0.1, -0.05) is 36.7 Å². The number of hydrogen-bond donors (Lipinski definition) is 0. The summed E-state index contributed by atoms with van der Waals surface area (Å²) in [6.07, 6.45) is 1.42. The van der Waals surface area contributed by atoms with Gasteiger partial charge in [-0.05, 0) is 48.7 Å². The van der Waals surface area contributed by atoms with Crippen LogP contribution in [-0.4, -0.2) is 45.7 Å². The van der Waals surface area contributed by atoms with Crippen molar-refractivity contribution in [3.8, 4) is 5.75 Å². The molecule has 6 nitrogen and oxygen atoms in total. The lowest BCUT2D eigenvalue weighted by atomic mass is 10.1. The van der Waals surface area contributed by atoms with E-state index in [4.69, 9.17) is 16.3 Å². The van der Waals surface area contributed by atoms with E-state index in [-0.39, 0.29) is 5.91 Å². The summed E-state index contributed by atoms with van der Waals surface area (Å²) in [5, 5.41) is 0.449. The second-order valence-corrected chi connectivity index (χ2v) is 9.23. The van der Waals surface area contributed by atoms with Crippen molar-refractivity contribution >= 4 is 33.2 Å². The topological polar surface area (TPSA) is 66.9 Å². The van der Waals surface area contributed by atoms with Crippen LogP contribution in [0.2, 0.25) is 5.02 Å². The number of carbonyl (C=O) groups excluding carboxylic acids is 1. The van der Waals surface area contributed by atoms with Crippen molar-refractivity contribution in [1.82, 2.24) is 4.90 Å². The van der Waals surface area contributed by atoms with E-state index in [1.54, 1.807) is 39.3 Å². The summed E-state index contributed by atoms with van der Waals surface area (Å²) < 4.78 is 31.5. The number of methoxy groups -OCH3 is 1. The minimum absolute atomic E-state index is 0.287. The van der Waals surface area contributed by atoms with Gasteiger partial charge < -0.3 is 9.64 Å². The smallest absolute Gasteiger partial charge is 0.246 e. The highest BCUT2D eigenvalue weighted by molar-refractivity contribution is 7.92. The second kappa shape index (κ2) is 9.50. The van der Waals surface area contributed by atoms with Gasteiger partial charge >= 0.3 is 0 Å². The first-order valence-corrected chi connectivity index (χ1v) is 11.4. The van der Waals surface area contributed by atoms with Gasteiger partial charge in [-0.25, -0.2) is 8.42 Å². The third-order valence-corrected chi connectivity index (χ3v) is 6.26. The van der Waals surface area contributed by atoms with Crippen LogP contribution in [-0.2, 0) is 21.4 Å². The van der Waals surface area contributed by atoms with Gasteiger partial charge in [0.25, 0.3) is 0 Å². The number of likely N-dealkylation sites (N-methyl/N-ethyl adjacent to an activating group) is 1. The van der Waals surface area contributed by atoms with E-state index in [2.05, 4.69) is 0 Å². The number of ether oxygens (including phenoxy) is 1. The Morgan fingerprint density at radius 2 is 1.79 bits per heavy atom. The SMILES string of the molecule is CC[C@@H](C(=O)N(C)Cc1ccc(OC)cc1)N(c1ccc(C)c(Cl)c1)S(C)(=O)=O. The van der Waals surface area contributed by atoms with Gasteiger partial charge in [0.15, 0.2) is 0 Å². The Morgan fingerprint density at radius 1 is 1.17 bits per heavy atom. The molecule has 0 saturated carbocycles. The number of halogens is 1. The van der Waals surface area contributed by atoms with Crippen LogP contribution >= 0.6 is 11.6 Å².